The number of benzene rings is 1. The molecule has 37 heavy (non-hydrogen) atoms. The van der Waals surface area contributed by atoms with Crippen LogP contribution in [0.25, 0.3) is 22.2 Å². The quantitative estimate of drug-likeness (QED) is 0.332. The Bertz CT molecular complexity index is 1610. The van der Waals surface area contributed by atoms with E-state index in [0.717, 1.165) is 49.1 Å². The van der Waals surface area contributed by atoms with Crippen LogP contribution in [0, 0.1) is 5.82 Å². The molecule has 4 aromatic rings. The highest BCUT2D eigenvalue weighted by Crippen LogP contribution is 2.38. The Balaban J connectivity index is 1.30. The minimum Gasteiger partial charge on any atom is -0.345 e. The summed E-state index contributed by atoms with van der Waals surface area (Å²) in [6.45, 7) is 0. The Labute approximate surface area is 213 Å². The van der Waals surface area contributed by atoms with Gasteiger partial charge in [-0.05, 0) is 43.9 Å². The van der Waals surface area contributed by atoms with Crippen molar-refractivity contribution in [2.45, 2.75) is 44.1 Å². The van der Waals surface area contributed by atoms with Crippen molar-refractivity contribution in [1.82, 2.24) is 24.2 Å². The number of nitrogens with one attached hydrogen (secondary N) is 2. The SMILES string of the molecule is CN(C1CCC1)S(=O)(=O)Nc1cccc(C(=O)c2c[nH]c3ncc(-c4cnc(C5CC5)nc4)cc23)c1F. The first kappa shape index (κ1) is 23.7. The van der Waals surface area contributed by atoms with Gasteiger partial charge in [0.15, 0.2) is 11.6 Å². The maximum Gasteiger partial charge on any atom is 0.301 e. The molecule has 0 unspecified atom stereocenters. The molecule has 190 valence electrons. The van der Waals surface area contributed by atoms with Gasteiger partial charge in [-0.2, -0.15) is 12.7 Å². The van der Waals surface area contributed by atoms with Crippen LogP contribution >= 0.6 is 0 Å². The molecule has 2 aliphatic rings. The molecular formula is C26H25FN6O3S. The van der Waals surface area contributed by atoms with Crippen molar-refractivity contribution in [3.63, 3.8) is 0 Å². The van der Waals surface area contributed by atoms with E-state index in [4.69, 9.17) is 0 Å². The number of aromatic nitrogens is 4. The number of halogens is 1. The van der Waals surface area contributed by atoms with Gasteiger partial charge in [0.05, 0.1) is 11.3 Å². The van der Waals surface area contributed by atoms with Crippen LogP contribution in [0.15, 0.2) is 49.1 Å². The monoisotopic (exact) mass is 520 g/mol. The Morgan fingerprint density at radius 2 is 1.78 bits per heavy atom. The number of fused-ring (bicyclic) bond motifs is 1. The predicted octanol–water partition coefficient (Wildman–Crippen LogP) is 4.41. The summed E-state index contributed by atoms with van der Waals surface area (Å²) in [5.41, 5.74) is 1.67. The number of carbonyl (C=O) groups is 1. The average Bonchev–Trinajstić information content (AvgIpc) is 3.63. The lowest BCUT2D eigenvalue weighted by Crippen LogP contribution is -2.44. The largest absolute Gasteiger partial charge is 0.345 e. The molecule has 2 N–H and O–H groups in total. The zero-order valence-electron chi connectivity index (χ0n) is 20.1. The van der Waals surface area contributed by atoms with Crippen molar-refractivity contribution in [2.24, 2.45) is 0 Å². The molecule has 3 aromatic heterocycles. The van der Waals surface area contributed by atoms with Crippen molar-refractivity contribution < 1.29 is 17.6 Å². The second-order valence-corrected chi connectivity index (χ2v) is 11.4. The number of pyridine rings is 1. The van der Waals surface area contributed by atoms with Gasteiger partial charge in [0.25, 0.3) is 0 Å². The zero-order valence-corrected chi connectivity index (χ0v) is 20.9. The number of rotatable bonds is 8. The number of nitrogens with zero attached hydrogens (tertiary/aromatic N) is 4. The number of ketones is 1. The molecule has 11 heteroatoms. The number of carbonyl (C=O) groups excluding carboxylic acids is 1. The summed E-state index contributed by atoms with van der Waals surface area (Å²) in [6, 6.07) is 5.78. The summed E-state index contributed by atoms with van der Waals surface area (Å²) in [5.74, 6) is -0.241. The van der Waals surface area contributed by atoms with Crippen molar-refractivity contribution in [1.29, 1.82) is 0 Å². The highest BCUT2D eigenvalue weighted by Gasteiger charge is 2.32. The van der Waals surface area contributed by atoms with Gasteiger partial charge < -0.3 is 4.98 Å². The smallest absolute Gasteiger partial charge is 0.301 e. The number of hydrogen-bond acceptors (Lipinski definition) is 6. The van der Waals surface area contributed by atoms with Crippen LogP contribution in [0.1, 0.15) is 59.8 Å². The Hall–Kier alpha value is -3.70. The number of H-pyrrole nitrogens is 1. The summed E-state index contributed by atoms with van der Waals surface area (Å²) in [5, 5.41) is 0.517. The van der Waals surface area contributed by atoms with Crippen molar-refractivity contribution in [3.05, 3.63) is 71.8 Å². The number of anilines is 1. The first-order valence-electron chi connectivity index (χ1n) is 12.2. The Morgan fingerprint density at radius 1 is 1.05 bits per heavy atom. The van der Waals surface area contributed by atoms with E-state index in [1.165, 1.54) is 35.7 Å². The first-order valence-corrected chi connectivity index (χ1v) is 13.6. The van der Waals surface area contributed by atoms with Crippen molar-refractivity contribution >= 4 is 32.7 Å². The molecule has 0 radical (unpaired) electrons. The topological polar surface area (TPSA) is 121 Å². The van der Waals surface area contributed by atoms with Gasteiger partial charge in [-0.1, -0.05) is 12.5 Å². The molecule has 0 spiro atoms. The molecule has 1 aromatic carbocycles. The van der Waals surface area contributed by atoms with E-state index in [9.17, 15) is 13.2 Å². The van der Waals surface area contributed by atoms with Gasteiger partial charge in [0, 0.05) is 65.9 Å². The molecule has 0 saturated heterocycles. The van der Waals surface area contributed by atoms with E-state index in [1.807, 2.05) is 0 Å². The predicted molar refractivity (Wildman–Crippen MR) is 137 cm³/mol. The second kappa shape index (κ2) is 9.00. The highest BCUT2D eigenvalue weighted by molar-refractivity contribution is 7.90. The zero-order chi connectivity index (χ0) is 25.7. The maximum absolute atomic E-state index is 15.4. The van der Waals surface area contributed by atoms with Crippen LogP contribution in [0.5, 0.6) is 0 Å². The third-order valence-corrected chi connectivity index (χ3v) is 8.71. The first-order chi connectivity index (χ1) is 17.8. The lowest BCUT2D eigenvalue weighted by atomic mass is 9.94. The van der Waals surface area contributed by atoms with E-state index in [2.05, 4.69) is 24.7 Å². The molecule has 0 aliphatic heterocycles. The summed E-state index contributed by atoms with van der Waals surface area (Å²) < 4.78 is 44.5. The molecule has 6 rings (SSSR count). The molecule has 0 bridgehead atoms. The van der Waals surface area contributed by atoms with Gasteiger partial charge in [0.1, 0.15) is 11.5 Å². The van der Waals surface area contributed by atoms with Crippen molar-refractivity contribution in [2.75, 3.05) is 11.8 Å². The van der Waals surface area contributed by atoms with Crippen LogP contribution in [0.4, 0.5) is 10.1 Å². The normalized spacial score (nSPS) is 16.2. The summed E-state index contributed by atoms with van der Waals surface area (Å²) in [6.07, 6.45) is 11.4. The summed E-state index contributed by atoms with van der Waals surface area (Å²) in [4.78, 5) is 29.7. The highest BCUT2D eigenvalue weighted by atomic mass is 32.2. The lowest BCUT2D eigenvalue weighted by molar-refractivity contribution is 0.103. The van der Waals surface area contributed by atoms with Crippen LogP contribution < -0.4 is 4.72 Å². The minimum absolute atomic E-state index is 0.103. The van der Waals surface area contributed by atoms with Crippen LogP contribution in [0.2, 0.25) is 0 Å². The molecule has 9 nitrogen and oxygen atoms in total. The fourth-order valence-electron chi connectivity index (χ4n) is 4.48. The van der Waals surface area contributed by atoms with Crippen LogP contribution in [-0.2, 0) is 10.2 Å². The average molecular weight is 521 g/mol. The van der Waals surface area contributed by atoms with Gasteiger partial charge >= 0.3 is 10.2 Å². The Morgan fingerprint density at radius 3 is 2.46 bits per heavy atom. The van der Waals surface area contributed by atoms with Gasteiger partial charge in [-0.15, -0.1) is 0 Å². The number of aromatic amines is 1. The van der Waals surface area contributed by atoms with E-state index in [1.54, 1.807) is 24.7 Å². The van der Waals surface area contributed by atoms with E-state index >= 15 is 4.39 Å². The number of hydrogen-bond donors (Lipinski definition) is 2. The second-order valence-electron chi connectivity index (χ2n) is 9.63. The Kier molecular flexibility index (Phi) is 5.76. The van der Waals surface area contributed by atoms with Gasteiger partial charge in [-0.3, -0.25) is 9.52 Å². The third kappa shape index (κ3) is 4.38. The molecule has 0 atom stereocenters. The van der Waals surface area contributed by atoms with Gasteiger partial charge in [-0.25, -0.2) is 19.3 Å². The standard InChI is InChI=1S/C26H25FN6O3S/c1-33(18-4-2-5-18)37(35,36)32-22-7-3-6-19(23(22)27)24(34)21-14-31-26-20(21)10-16(11-30-26)17-12-28-25(29-13-17)15-8-9-15/h3,6-7,10-15,18,32H,2,4-5,8-9H2,1H3,(H,30,31). The van der Waals surface area contributed by atoms with Crippen LogP contribution in [-0.4, -0.2) is 51.5 Å². The molecule has 3 heterocycles. The molecule has 0 amide bonds. The van der Waals surface area contributed by atoms with Crippen molar-refractivity contribution in [3.8, 4) is 11.1 Å². The fourth-order valence-corrected chi connectivity index (χ4v) is 5.66. The van der Waals surface area contributed by atoms with E-state index in [-0.39, 0.29) is 22.9 Å². The third-order valence-electron chi connectivity index (χ3n) is 7.17. The molecule has 2 fully saturated rings. The fraction of sp³-hybridized carbons (Fsp3) is 0.308. The molecular weight excluding hydrogens is 495 g/mol. The lowest BCUT2D eigenvalue weighted by Gasteiger charge is -2.33. The van der Waals surface area contributed by atoms with E-state index < -0.39 is 21.8 Å². The summed E-state index contributed by atoms with van der Waals surface area (Å²) >= 11 is 0. The van der Waals surface area contributed by atoms with Gasteiger partial charge in [0.2, 0.25) is 0 Å². The van der Waals surface area contributed by atoms with E-state index in [0.29, 0.717) is 17.0 Å². The summed E-state index contributed by atoms with van der Waals surface area (Å²) in [7, 11) is -2.49. The molecule has 2 aliphatic carbocycles. The van der Waals surface area contributed by atoms with Crippen LogP contribution in [0.3, 0.4) is 0 Å². The maximum atomic E-state index is 15.4. The molecule has 2 saturated carbocycles. The minimum atomic E-state index is -3.96.